The van der Waals surface area contributed by atoms with Gasteiger partial charge in [-0.1, -0.05) is 13.2 Å². The van der Waals surface area contributed by atoms with Crippen molar-refractivity contribution < 1.29 is 37.9 Å². The van der Waals surface area contributed by atoms with Gasteiger partial charge in [-0.3, -0.25) is 28.7 Å². The minimum absolute atomic E-state index is 0.00648. The molecule has 20 nitrogen and oxygen atoms in total. The highest BCUT2D eigenvalue weighted by Gasteiger charge is 2.41. The summed E-state index contributed by atoms with van der Waals surface area (Å²) < 4.78 is 49.6. The molecule has 0 saturated heterocycles. The lowest BCUT2D eigenvalue weighted by atomic mass is 10.0. The van der Waals surface area contributed by atoms with Crippen molar-refractivity contribution in [3.05, 3.63) is 57.7 Å². The molecule has 2 saturated carbocycles. The molecule has 296 valence electrons. The normalized spacial score (nSPS) is 25.1. The molecule has 6 rings (SSSR count). The molecular formula is C32H48N10O10P2. The first-order chi connectivity index (χ1) is 25.5. The molecule has 2 unspecified atom stereocenters. The maximum atomic E-state index is 12.3. The van der Waals surface area contributed by atoms with E-state index in [2.05, 4.69) is 43.1 Å². The van der Waals surface area contributed by atoms with Gasteiger partial charge in [-0.05, 0) is 37.8 Å². The van der Waals surface area contributed by atoms with Crippen molar-refractivity contribution in [2.75, 3.05) is 63.9 Å². The zero-order valence-electron chi connectivity index (χ0n) is 30.6. The van der Waals surface area contributed by atoms with E-state index in [4.69, 9.17) is 30.0 Å². The molecule has 0 aromatic carbocycles. The van der Waals surface area contributed by atoms with Crippen LogP contribution in [0.25, 0.3) is 22.3 Å². The van der Waals surface area contributed by atoms with Crippen LogP contribution in [-0.4, -0.2) is 114 Å². The molecule has 4 aromatic heterocycles. The summed E-state index contributed by atoms with van der Waals surface area (Å²) in [5, 5.41) is 20.3. The Morgan fingerprint density at radius 3 is 1.83 bits per heavy atom. The molecule has 4 heterocycles. The number of nitrogens with one attached hydrogen (secondary N) is 2. The molecule has 0 radical (unpaired) electrons. The fourth-order valence-electron chi connectivity index (χ4n) is 6.82. The van der Waals surface area contributed by atoms with Gasteiger partial charge in [-0.2, -0.15) is 9.97 Å². The summed E-state index contributed by atoms with van der Waals surface area (Å²) in [6, 6.07) is -0.582. The number of aromatic amines is 2. The van der Waals surface area contributed by atoms with Crippen LogP contribution in [0.4, 0.5) is 11.9 Å². The van der Waals surface area contributed by atoms with Crippen molar-refractivity contribution in [2.24, 2.45) is 11.8 Å². The fraction of sp³-hybridized carbons (Fsp3) is 0.562. The van der Waals surface area contributed by atoms with Crippen molar-refractivity contribution in [2.45, 2.75) is 51.0 Å². The van der Waals surface area contributed by atoms with Gasteiger partial charge in [0, 0.05) is 25.2 Å². The molecule has 2 fully saturated rings. The van der Waals surface area contributed by atoms with Crippen molar-refractivity contribution in [3.63, 3.8) is 0 Å². The van der Waals surface area contributed by atoms with E-state index in [0.29, 0.717) is 37.3 Å². The number of hydrogen-bond acceptors (Lipinski definition) is 16. The number of nitrogens with zero attached hydrogens (tertiary/aromatic N) is 6. The van der Waals surface area contributed by atoms with Crippen LogP contribution in [0.15, 0.2) is 46.5 Å². The zero-order chi connectivity index (χ0) is 39.5. The molecule has 54 heavy (non-hydrogen) atoms. The average Bonchev–Trinajstić information content (AvgIpc) is 3.84. The van der Waals surface area contributed by atoms with Crippen LogP contribution >= 0.6 is 14.7 Å². The van der Waals surface area contributed by atoms with Gasteiger partial charge in [-0.25, -0.2) is 9.97 Å². The van der Waals surface area contributed by atoms with Crippen molar-refractivity contribution >= 4 is 49.0 Å². The van der Waals surface area contributed by atoms with Gasteiger partial charge in [0.05, 0.1) is 63.4 Å². The number of H-pyrrole nitrogens is 2. The minimum atomic E-state index is -2.86. The Bertz CT molecular complexity index is 2210. The molecular weight excluding hydrogens is 746 g/mol. The number of aliphatic hydroxyl groups is 2. The predicted octanol–water partition coefficient (Wildman–Crippen LogP) is 2.20. The number of ether oxygens (including phenoxy) is 2. The Morgan fingerprint density at radius 1 is 0.852 bits per heavy atom. The number of rotatable bonds is 14. The molecule has 4 aromatic rings. The van der Waals surface area contributed by atoms with Crippen molar-refractivity contribution in [1.29, 1.82) is 0 Å². The van der Waals surface area contributed by atoms with E-state index in [1.54, 1.807) is 23.0 Å². The van der Waals surface area contributed by atoms with Crippen LogP contribution in [0.5, 0.6) is 0 Å². The topological polar surface area (TPSA) is 291 Å². The second kappa shape index (κ2) is 16.8. The summed E-state index contributed by atoms with van der Waals surface area (Å²) in [5.74, 6) is -0.692. The third-order valence-corrected chi connectivity index (χ3v) is 12.2. The number of nitrogen functional groups attached to an aromatic ring is 2. The smallest absolute Gasteiger partial charge is 0.280 e. The van der Waals surface area contributed by atoms with Crippen LogP contribution in [-0.2, 0) is 27.7 Å². The quantitative estimate of drug-likeness (QED) is 0.0788. The monoisotopic (exact) mass is 794 g/mol. The van der Waals surface area contributed by atoms with Crippen LogP contribution in [0.1, 0.15) is 38.8 Å². The molecule has 8 N–H and O–H groups in total. The molecule has 0 spiro atoms. The molecule has 2 aliphatic rings. The largest absolute Gasteiger partial charge is 0.396 e. The van der Waals surface area contributed by atoms with E-state index in [-0.39, 0.29) is 72.8 Å². The molecule has 0 bridgehead atoms. The zero-order valence-corrected chi connectivity index (χ0v) is 32.4. The van der Waals surface area contributed by atoms with E-state index in [1.165, 1.54) is 26.0 Å². The number of aromatic nitrogens is 8. The highest BCUT2D eigenvalue weighted by Crippen LogP contribution is 2.47. The molecule has 8 atom stereocenters. The Morgan fingerprint density at radius 2 is 1.33 bits per heavy atom. The number of anilines is 2. The third-order valence-electron chi connectivity index (χ3n) is 9.36. The van der Waals surface area contributed by atoms with Gasteiger partial charge < -0.3 is 49.3 Å². The number of nitrogens with two attached hydrogens (primary N) is 2. The van der Waals surface area contributed by atoms with E-state index in [0.717, 1.165) is 11.1 Å². The van der Waals surface area contributed by atoms with Crippen molar-refractivity contribution in [3.8, 4) is 0 Å². The summed E-state index contributed by atoms with van der Waals surface area (Å²) in [4.78, 5) is 45.3. The molecule has 0 aliphatic heterocycles. The van der Waals surface area contributed by atoms with Gasteiger partial charge >= 0.3 is 0 Å². The first-order valence-corrected chi connectivity index (χ1v) is 21.7. The van der Waals surface area contributed by atoms with Gasteiger partial charge in [0.1, 0.15) is 12.7 Å². The van der Waals surface area contributed by atoms with Crippen LogP contribution in [0, 0.1) is 11.8 Å². The van der Waals surface area contributed by atoms with Gasteiger partial charge in [-0.15, -0.1) is 0 Å². The van der Waals surface area contributed by atoms with E-state index < -0.39 is 38.1 Å². The second-order valence-corrected chi connectivity index (χ2v) is 18.5. The summed E-state index contributed by atoms with van der Waals surface area (Å²) in [6.45, 7) is 15.5. The maximum Gasteiger partial charge on any atom is 0.280 e. The Labute approximate surface area is 309 Å². The predicted molar refractivity (Wildman–Crippen MR) is 202 cm³/mol. The van der Waals surface area contributed by atoms with Crippen LogP contribution in [0.2, 0.25) is 0 Å². The number of hydrogen-bond donors (Lipinski definition) is 6. The lowest BCUT2D eigenvalue weighted by molar-refractivity contribution is 0.0364. The van der Waals surface area contributed by atoms with E-state index >= 15 is 0 Å². The summed E-state index contributed by atoms with van der Waals surface area (Å²) >= 11 is 0. The van der Waals surface area contributed by atoms with Gasteiger partial charge in [0.25, 0.3) is 11.1 Å². The highest BCUT2D eigenvalue weighted by atomic mass is 31.2. The highest BCUT2D eigenvalue weighted by molar-refractivity contribution is 7.58. The Hall–Kier alpha value is -4.00. The number of imidazole rings is 2. The molecule has 0 amide bonds. The van der Waals surface area contributed by atoms with E-state index in [1.807, 2.05) is 0 Å². The number of fused-ring (bicyclic) bond motifs is 2. The van der Waals surface area contributed by atoms with E-state index in [9.17, 15) is 28.9 Å². The number of aliphatic hydroxyl groups excluding tert-OH is 2. The van der Waals surface area contributed by atoms with Gasteiger partial charge in [0.2, 0.25) is 26.6 Å². The maximum absolute atomic E-state index is 12.3. The Kier molecular flexibility index (Phi) is 12.8. The minimum Gasteiger partial charge on any atom is -0.396 e. The first kappa shape index (κ1) is 41.2. The van der Waals surface area contributed by atoms with Gasteiger partial charge in [0.15, 0.2) is 22.3 Å². The lowest BCUT2D eigenvalue weighted by Gasteiger charge is -2.21. The summed E-state index contributed by atoms with van der Waals surface area (Å²) in [5.41, 5.74) is 12.9. The van der Waals surface area contributed by atoms with Crippen molar-refractivity contribution in [1.82, 2.24) is 39.0 Å². The fourth-order valence-corrected chi connectivity index (χ4v) is 8.96. The summed E-state index contributed by atoms with van der Waals surface area (Å²) in [7, 11) is -5.67. The third kappa shape index (κ3) is 8.92. The summed E-state index contributed by atoms with van der Waals surface area (Å²) in [6.07, 6.45) is 2.69. The Balaban J connectivity index is 0.000000208. The van der Waals surface area contributed by atoms with Crippen LogP contribution < -0.4 is 22.6 Å². The SMILES string of the molecule is C=C1[C@H](CO)[C@@H](OCP(C)(=O)OCC)C[C@@H]1n1cnc2c(=O)[nH]c(N)nc21.C=C1[C@H](COCP(C)(=O)OCC)[C@@H](O)C[C@@H]1n1cnc2c(=O)[nH]c(N)nc21. The van der Waals surface area contributed by atoms with Crippen LogP contribution in [0.3, 0.4) is 0 Å². The second-order valence-electron chi connectivity index (χ2n) is 13.4. The molecule has 22 heteroatoms. The first-order valence-electron chi connectivity index (χ1n) is 17.2. The molecule has 2 aliphatic carbocycles. The average molecular weight is 795 g/mol. The lowest BCUT2D eigenvalue weighted by Crippen LogP contribution is -2.22. The standard InChI is InChI=1S/2C16H24N5O5P/c1-4-26-27(3,24)8-25-6-10-9(2)11(5-12(10)22)21-7-18-13-14(21)19-16(17)20-15(13)23;1-4-26-27(3,24)8-25-12-5-11(9(2)10(12)6-22)21-7-18-13-14(21)19-16(17)20-15(13)23/h2*7,10-12,22H,2,4-6,8H2,1,3H3,(H3,17,19,20,23)/t2*10-,11-,12-,27?/m00/s1.